The van der Waals surface area contributed by atoms with E-state index in [0.29, 0.717) is 0 Å². The molecule has 0 bridgehead atoms. The number of anilines is 1. The molecule has 152 valence electrons. The molecule has 5 nitrogen and oxygen atoms in total. The Bertz CT molecular complexity index is 929. The highest BCUT2D eigenvalue weighted by molar-refractivity contribution is 5.97. The Balaban J connectivity index is 1.42. The number of aromatic amines is 1. The molecule has 0 radical (unpaired) electrons. The molecule has 0 saturated carbocycles. The van der Waals surface area contributed by atoms with E-state index in [-0.39, 0.29) is 18.6 Å². The Morgan fingerprint density at radius 3 is 2.69 bits per heavy atom. The molecule has 3 aromatic rings. The van der Waals surface area contributed by atoms with Gasteiger partial charge in [-0.1, -0.05) is 30.3 Å². The fourth-order valence-corrected chi connectivity index (χ4v) is 4.28. The van der Waals surface area contributed by atoms with E-state index in [1.54, 1.807) is 7.11 Å². The first kappa shape index (κ1) is 19.7. The van der Waals surface area contributed by atoms with Gasteiger partial charge in [-0.3, -0.25) is 4.79 Å². The molecule has 4 rings (SSSR count). The number of piperidine rings is 1. The molecule has 1 N–H and O–H groups in total. The van der Waals surface area contributed by atoms with Gasteiger partial charge in [0.1, 0.15) is 6.61 Å². The van der Waals surface area contributed by atoms with Crippen LogP contribution >= 0.6 is 0 Å². The lowest BCUT2D eigenvalue weighted by Gasteiger charge is -2.38. The van der Waals surface area contributed by atoms with Crippen molar-refractivity contribution in [3.63, 3.8) is 0 Å². The van der Waals surface area contributed by atoms with Crippen LogP contribution in [0.4, 0.5) is 5.69 Å². The van der Waals surface area contributed by atoms with Crippen molar-refractivity contribution in [1.82, 2.24) is 9.88 Å². The Hall–Kier alpha value is -2.63. The standard InChI is InChI=1S/C24H29N3O2/c1-29-18-24(28)27(22-7-8-23-20(17-22)9-13-25-23)21-11-15-26(16-12-21)14-10-19-5-3-2-4-6-19/h2-9,13,17,21,25H,10-12,14-16,18H2,1H3. The molecule has 1 aliphatic rings. The maximum atomic E-state index is 12.9. The summed E-state index contributed by atoms with van der Waals surface area (Å²) < 4.78 is 5.17. The molecule has 5 heteroatoms. The van der Waals surface area contributed by atoms with E-state index in [9.17, 15) is 4.79 Å². The molecule has 2 aromatic carbocycles. The van der Waals surface area contributed by atoms with Gasteiger partial charge in [-0.2, -0.15) is 0 Å². The summed E-state index contributed by atoms with van der Waals surface area (Å²) in [4.78, 5) is 20.6. The number of likely N-dealkylation sites (tertiary alicyclic amines) is 1. The van der Waals surface area contributed by atoms with Crippen molar-refractivity contribution in [3.05, 3.63) is 66.4 Å². The summed E-state index contributed by atoms with van der Waals surface area (Å²) in [7, 11) is 1.58. The number of amides is 1. The molecule has 0 spiro atoms. The lowest BCUT2D eigenvalue weighted by Crippen LogP contribution is -2.49. The first-order valence-electron chi connectivity index (χ1n) is 10.4. The molecule has 0 unspecified atom stereocenters. The van der Waals surface area contributed by atoms with Crippen molar-refractivity contribution in [1.29, 1.82) is 0 Å². The fraction of sp³-hybridized carbons (Fsp3) is 0.375. The van der Waals surface area contributed by atoms with Gasteiger partial charge in [-0.25, -0.2) is 0 Å². The highest BCUT2D eigenvalue weighted by Crippen LogP contribution is 2.27. The Labute approximate surface area is 172 Å². The maximum Gasteiger partial charge on any atom is 0.253 e. The second-order valence-electron chi connectivity index (χ2n) is 7.75. The molecule has 1 aliphatic heterocycles. The van der Waals surface area contributed by atoms with Crippen LogP contribution in [-0.4, -0.2) is 55.2 Å². The summed E-state index contributed by atoms with van der Waals surface area (Å²) >= 11 is 0. The molecular weight excluding hydrogens is 362 g/mol. The van der Waals surface area contributed by atoms with Gasteiger partial charge >= 0.3 is 0 Å². The van der Waals surface area contributed by atoms with Gasteiger partial charge in [0.05, 0.1) is 0 Å². The third-order valence-corrected chi connectivity index (χ3v) is 5.83. The topological polar surface area (TPSA) is 48.6 Å². The summed E-state index contributed by atoms with van der Waals surface area (Å²) in [6.07, 6.45) is 4.97. The van der Waals surface area contributed by atoms with Crippen molar-refractivity contribution >= 4 is 22.5 Å². The van der Waals surface area contributed by atoms with E-state index in [1.807, 2.05) is 29.3 Å². The summed E-state index contributed by atoms with van der Waals surface area (Å²) in [6.45, 7) is 3.21. The van der Waals surface area contributed by atoms with Crippen molar-refractivity contribution < 1.29 is 9.53 Å². The second-order valence-corrected chi connectivity index (χ2v) is 7.75. The van der Waals surface area contributed by atoms with Gasteiger partial charge in [-0.05, 0) is 49.1 Å². The predicted molar refractivity (Wildman–Crippen MR) is 117 cm³/mol. The Kier molecular flexibility index (Phi) is 6.27. The van der Waals surface area contributed by atoms with Crippen LogP contribution < -0.4 is 4.90 Å². The van der Waals surface area contributed by atoms with E-state index in [4.69, 9.17) is 4.74 Å². The molecule has 1 fully saturated rings. The number of aromatic nitrogens is 1. The average molecular weight is 392 g/mol. The van der Waals surface area contributed by atoms with E-state index in [0.717, 1.165) is 55.5 Å². The number of methoxy groups -OCH3 is 1. The number of ether oxygens (including phenoxy) is 1. The molecule has 1 aromatic heterocycles. The number of hydrogen-bond donors (Lipinski definition) is 1. The smallest absolute Gasteiger partial charge is 0.253 e. The minimum absolute atomic E-state index is 0.0325. The zero-order chi connectivity index (χ0) is 20.1. The normalized spacial score (nSPS) is 15.6. The third-order valence-electron chi connectivity index (χ3n) is 5.83. The number of nitrogens with zero attached hydrogens (tertiary/aromatic N) is 2. The largest absolute Gasteiger partial charge is 0.375 e. The van der Waals surface area contributed by atoms with Gasteiger partial charge in [-0.15, -0.1) is 0 Å². The van der Waals surface area contributed by atoms with Crippen LogP contribution in [0.15, 0.2) is 60.8 Å². The minimum atomic E-state index is 0.0325. The highest BCUT2D eigenvalue weighted by Gasteiger charge is 2.29. The SMILES string of the molecule is COCC(=O)N(c1ccc2[nH]ccc2c1)C1CCN(CCc2ccccc2)CC1. The zero-order valence-electron chi connectivity index (χ0n) is 17.0. The number of carbonyl (C=O) groups excluding carboxylic acids is 1. The molecule has 0 atom stereocenters. The summed E-state index contributed by atoms with van der Waals surface area (Å²) in [5, 5.41) is 1.12. The van der Waals surface area contributed by atoms with Crippen LogP contribution in [0.3, 0.4) is 0 Å². The number of fused-ring (bicyclic) bond motifs is 1. The van der Waals surface area contributed by atoms with E-state index in [2.05, 4.69) is 46.3 Å². The quantitative estimate of drug-likeness (QED) is 0.665. The van der Waals surface area contributed by atoms with Crippen molar-refractivity contribution in [2.24, 2.45) is 0 Å². The van der Waals surface area contributed by atoms with Crippen LogP contribution in [-0.2, 0) is 16.0 Å². The predicted octanol–water partition coefficient (Wildman–Crippen LogP) is 3.85. The van der Waals surface area contributed by atoms with Crippen LogP contribution in [0.2, 0.25) is 0 Å². The van der Waals surface area contributed by atoms with Gasteiger partial charge in [0.15, 0.2) is 0 Å². The van der Waals surface area contributed by atoms with Gasteiger partial charge in [0, 0.05) is 55.6 Å². The lowest BCUT2D eigenvalue weighted by molar-refractivity contribution is -0.122. The minimum Gasteiger partial charge on any atom is -0.375 e. The van der Waals surface area contributed by atoms with Gasteiger partial charge < -0.3 is 19.5 Å². The Morgan fingerprint density at radius 1 is 1.14 bits per heavy atom. The van der Waals surface area contributed by atoms with Crippen LogP contribution in [0.25, 0.3) is 10.9 Å². The van der Waals surface area contributed by atoms with Gasteiger partial charge in [0.2, 0.25) is 0 Å². The average Bonchev–Trinajstić information content (AvgIpc) is 3.22. The zero-order valence-corrected chi connectivity index (χ0v) is 17.0. The molecule has 29 heavy (non-hydrogen) atoms. The van der Waals surface area contributed by atoms with E-state index in [1.165, 1.54) is 5.56 Å². The number of hydrogen-bond acceptors (Lipinski definition) is 3. The molecule has 1 amide bonds. The van der Waals surface area contributed by atoms with Crippen LogP contribution in [0.1, 0.15) is 18.4 Å². The van der Waals surface area contributed by atoms with E-state index < -0.39 is 0 Å². The second kappa shape index (κ2) is 9.25. The van der Waals surface area contributed by atoms with Crippen LogP contribution in [0.5, 0.6) is 0 Å². The molecule has 2 heterocycles. The number of nitrogens with one attached hydrogen (secondary N) is 1. The fourth-order valence-electron chi connectivity index (χ4n) is 4.28. The molecule has 0 aliphatic carbocycles. The number of carbonyl (C=O) groups is 1. The van der Waals surface area contributed by atoms with E-state index >= 15 is 0 Å². The van der Waals surface area contributed by atoms with Crippen molar-refractivity contribution in [3.8, 4) is 0 Å². The van der Waals surface area contributed by atoms with Crippen molar-refractivity contribution in [2.75, 3.05) is 38.3 Å². The lowest BCUT2D eigenvalue weighted by atomic mass is 10.0. The summed E-state index contributed by atoms with van der Waals surface area (Å²) in [6, 6.07) is 19.1. The van der Waals surface area contributed by atoms with Crippen molar-refractivity contribution in [2.45, 2.75) is 25.3 Å². The monoisotopic (exact) mass is 391 g/mol. The molecule has 1 saturated heterocycles. The van der Waals surface area contributed by atoms with Gasteiger partial charge in [0.25, 0.3) is 5.91 Å². The number of H-pyrrole nitrogens is 1. The highest BCUT2D eigenvalue weighted by atomic mass is 16.5. The first-order chi connectivity index (χ1) is 14.2. The maximum absolute atomic E-state index is 12.9. The number of benzene rings is 2. The summed E-state index contributed by atoms with van der Waals surface area (Å²) in [5.41, 5.74) is 3.43. The Morgan fingerprint density at radius 2 is 1.93 bits per heavy atom. The third kappa shape index (κ3) is 4.69. The molecular formula is C24H29N3O2. The summed E-state index contributed by atoms with van der Waals surface area (Å²) in [5.74, 6) is 0.0325. The number of rotatable bonds is 7. The first-order valence-corrected chi connectivity index (χ1v) is 10.4. The van der Waals surface area contributed by atoms with Crippen LogP contribution in [0, 0.1) is 0 Å².